The highest BCUT2D eigenvalue weighted by Gasteiger charge is 2.21. The van der Waals surface area contributed by atoms with Crippen molar-refractivity contribution in [1.82, 2.24) is 4.98 Å². The summed E-state index contributed by atoms with van der Waals surface area (Å²) in [6.45, 7) is -0.0467. The molecular weight excluding hydrogens is 298 g/mol. The van der Waals surface area contributed by atoms with Gasteiger partial charge < -0.3 is 10.5 Å². The fourth-order valence-electron chi connectivity index (χ4n) is 1.41. The van der Waals surface area contributed by atoms with Crippen LogP contribution in [0.2, 0.25) is 0 Å². The van der Waals surface area contributed by atoms with E-state index in [0.717, 1.165) is 0 Å². The molecule has 0 saturated heterocycles. The van der Waals surface area contributed by atoms with Gasteiger partial charge in [0.15, 0.2) is 0 Å². The number of pyridine rings is 1. The van der Waals surface area contributed by atoms with Crippen molar-refractivity contribution >= 4 is 21.9 Å². The first kappa shape index (κ1) is 14.0. The van der Waals surface area contributed by atoms with Crippen LogP contribution in [-0.4, -0.2) is 18.1 Å². The number of hydrogen-bond donors (Lipinski definition) is 1. The van der Waals surface area contributed by atoms with Gasteiger partial charge in [-0.3, -0.25) is 4.79 Å². The van der Waals surface area contributed by atoms with Gasteiger partial charge in [-0.05, 0) is 27.6 Å². The van der Waals surface area contributed by atoms with Gasteiger partial charge in [0, 0.05) is 12.1 Å². The average molecular weight is 309 g/mol. The molecule has 1 rings (SSSR count). The zero-order valence-electron chi connectivity index (χ0n) is 9.04. The summed E-state index contributed by atoms with van der Waals surface area (Å²) in [6.07, 6.45) is -3.03. The second kappa shape index (κ2) is 6.02. The SMILES string of the molecule is COC(=O)Cc1nc(Br)cc(CN)c1C(F)F. The molecule has 0 fully saturated rings. The van der Waals surface area contributed by atoms with Crippen molar-refractivity contribution in [3.63, 3.8) is 0 Å². The Labute approximate surface area is 105 Å². The van der Waals surface area contributed by atoms with E-state index in [1.807, 2.05) is 0 Å². The lowest BCUT2D eigenvalue weighted by Gasteiger charge is -2.12. The summed E-state index contributed by atoms with van der Waals surface area (Å²) in [4.78, 5) is 15.0. The number of nitrogens with zero attached hydrogens (tertiary/aromatic N) is 1. The minimum atomic E-state index is -2.73. The van der Waals surface area contributed by atoms with E-state index in [4.69, 9.17) is 5.73 Å². The Balaban J connectivity index is 3.25. The summed E-state index contributed by atoms with van der Waals surface area (Å²) < 4.78 is 30.6. The highest BCUT2D eigenvalue weighted by atomic mass is 79.9. The number of halogens is 3. The number of methoxy groups -OCH3 is 1. The van der Waals surface area contributed by atoms with E-state index in [9.17, 15) is 13.6 Å². The highest BCUT2D eigenvalue weighted by Crippen LogP contribution is 2.28. The Morgan fingerprint density at radius 2 is 2.29 bits per heavy atom. The largest absolute Gasteiger partial charge is 0.469 e. The second-order valence-electron chi connectivity index (χ2n) is 3.22. The summed E-state index contributed by atoms with van der Waals surface area (Å²) in [7, 11) is 1.19. The van der Waals surface area contributed by atoms with E-state index in [-0.39, 0.29) is 29.8 Å². The van der Waals surface area contributed by atoms with Gasteiger partial charge in [0.2, 0.25) is 0 Å². The van der Waals surface area contributed by atoms with Crippen molar-refractivity contribution in [3.05, 3.63) is 27.5 Å². The third kappa shape index (κ3) is 3.44. The van der Waals surface area contributed by atoms with Crippen LogP contribution in [0.4, 0.5) is 8.78 Å². The van der Waals surface area contributed by atoms with E-state index in [0.29, 0.717) is 4.60 Å². The molecule has 17 heavy (non-hydrogen) atoms. The predicted molar refractivity (Wildman–Crippen MR) is 60.5 cm³/mol. The molecule has 0 unspecified atom stereocenters. The molecular formula is C10H11BrF2N2O2. The Morgan fingerprint density at radius 3 is 2.76 bits per heavy atom. The number of rotatable bonds is 4. The standard InChI is InChI=1S/C10H11BrF2N2O2/c1-17-8(16)3-6-9(10(12)13)5(4-14)2-7(11)15-6/h2,10H,3-4,14H2,1H3. The second-order valence-corrected chi connectivity index (χ2v) is 4.03. The number of nitrogens with two attached hydrogens (primary N) is 1. The van der Waals surface area contributed by atoms with Crippen LogP contribution in [0.15, 0.2) is 10.7 Å². The Hall–Kier alpha value is -1.08. The number of carbonyl (C=O) groups excluding carboxylic acids is 1. The molecule has 1 aromatic rings. The monoisotopic (exact) mass is 308 g/mol. The number of carbonyl (C=O) groups is 1. The molecule has 0 aliphatic carbocycles. The Bertz CT molecular complexity index is 427. The van der Waals surface area contributed by atoms with Gasteiger partial charge in [-0.15, -0.1) is 0 Å². The first-order valence-electron chi connectivity index (χ1n) is 4.72. The molecule has 1 aromatic heterocycles. The van der Waals surface area contributed by atoms with Gasteiger partial charge in [-0.25, -0.2) is 13.8 Å². The molecule has 7 heteroatoms. The highest BCUT2D eigenvalue weighted by molar-refractivity contribution is 9.10. The van der Waals surface area contributed by atoms with Crippen molar-refractivity contribution in [2.24, 2.45) is 5.73 Å². The Morgan fingerprint density at radius 1 is 1.65 bits per heavy atom. The topological polar surface area (TPSA) is 65.2 Å². The van der Waals surface area contributed by atoms with Crippen molar-refractivity contribution in [2.75, 3.05) is 7.11 Å². The van der Waals surface area contributed by atoms with Crippen LogP contribution in [0.25, 0.3) is 0 Å². The van der Waals surface area contributed by atoms with Gasteiger partial charge >= 0.3 is 5.97 Å². The smallest absolute Gasteiger partial charge is 0.311 e. The van der Waals surface area contributed by atoms with Crippen LogP contribution < -0.4 is 5.73 Å². The van der Waals surface area contributed by atoms with Crippen LogP contribution >= 0.6 is 15.9 Å². The van der Waals surface area contributed by atoms with Crippen LogP contribution in [0, 0.1) is 0 Å². The number of ether oxygens (including phenoxy) is 1. The molecule has 0 aliphatic heterocycles. The lowest BCUT2D eigenvalue weighted by molar-refractivity contribution is -0.139. The first-order chi connectivity index (χ1) is 7.99. The summed E-state index contributed by atoms with van der Waals surface area (Å²) in [6, 6.07) is 1.42. The summed E-state index contributed by atoms with van der Waals surface area (Å²) in [5.41, 5.74) is 5.35. The van der Waals surface area contributed by atoms with Crippen LogP contribution in [0.5, 0.6) is 0 Å². The quantitative estimate of drug-likeness (QED) is 0.682. The molecule has 1 heterocycles. The van der Waals surface area contributed by atoms with Gasteiger partial charge in [0.05, 0.1) is 19.2 Å². The molecule has 0 aliphatic rings. The normalized spacial score (nSPS) is 10.7. The summed E-state index contributed by atoms with van der Waals surface area (Å²) >= 11 is 3.09. The summed E-state index contributed by atoms with van der Waals surface area (Å²) in [5, 5.41) is 0. The van der Waals surface area contributed by atoms with Gasteiger partial charge in [-0.2, -0.15) is 0 Å². The van der Waals surface area contributed by atoms with Crippen molar-refractivity contribution < 1.29 is 18.3 Å². The maximum atomic E-state index is 12.9. The first-order valence-corrected chi connectivity index (χ1v) is 5.52. The molecule has 0 amide bonds. The molecule has 0 atom stereocenters. The zero-order chi connectivity index (χ0) is 13.0. The van der Waals surface area contributed by atoms with Crippen molar-refractivity contribution in [2.45, 2.75) is 19.4 Å². The average Bonchev–Trinajstić information content (AvgIpc) is 2.27. The zero-order valence-corrected chi connectivity index (χ0v) is 10.6. The summed E-state index contributed by atoms with van der Waals surface area (Å²) in [5.74, 6) is -0.625. The molecule has 0 radical (unpaired) electrons. The van der Waals surface area contributed by atoms with E-state index in [1.54, 1.807) is 0 Å². The maximum absolute atomic E-state index is 12.9. The van der Waals surface area contributed by atoms with E-state index in [1.165, 1.54) is 13.2 Å². The van der Waals surface area contributed by atoms with Crippen LogP contribution in [0.1, 0.15) is 23.2 Å². The molecule has 4 nitrogen and oxygen atoms in total. The third-order valence-corrected chi connectivity index (χ3v) is 2.58. The fourth-order valence-corrected chi connectivity index (χ4v) is 1.90. The fraction of sp³-hybridized carbons (Fsp3) is 0.400. The van der Waals surface area contributed by atoms with Gasteiger partial charge in [-0.1, -0.05) is 0 Å². The van der Waals surface area contributed by atoms with Crippen molar-refractivity contribution in [1.29, 1.82) is 0 Å². The van der Waals surface area contributed by atoms with E-state index >= 15 is 0 Å². The van der Waals surface area contributed by atoms with E-state index < -0.39 is 12.4 Å². The predicted octanol–water partition coefficient (Wildman–Crippen LogP) is 1.96. The molecule has 94 valence electrons. The third-order valence-electron chi connectivity index (χ3n) is 2.17. The number of aromatic nitrogens is 1. The maximum Gasteiger partial charge on any atom is 0.311 e. The van der Waals surface area contributed by atoms with Gasteiger partial charge in [0.25, 0.3) is 6.43 Å². The van der Waals surface area contributed by atoms with E-state index in [2.05, 4.69) is 25.7 Å². The lowest BCUT2D eigenvalue weighted by atomic mass is 10.0. The van der Waals surface area contributed by atoms with Gasteiger partial charge in [0.1, 0.15) is 4.60 Å². The molecule has 2 N–H and O–H groups in total. The molecule has 0 bridgehead atoms. The molecule has 0 saturated carbocycles. The number of esters is 1. The lowest BCUT2D eigenvalue weighted by Crippen LogP contribution is -2.13. The van der Waals surface area contributed by atoms with Crippen LogP contribution in [0.3, 0.4) is 0 Å². The molecule has 0 aromatic carbocycles. The molecule has 0 spiro atoms. The van der Waals surface area contributed by atoms with Crippen molar-refractivity contribution in [3.8, 4) is 0 Å². The minimum Gasteiger partial charge on any atom is -0.469 e. The minimum absolute atomic E-state index is 0.0123. The number of alkyl halides is 2. The van der Waals surface area contributed by atoms with Crippen LogP contribution in [-0.2, 0) is 22.5 Å². The number of hydrogen-bond acceptors (Lipinski definition) is 4. The Kier molecular flexibility index (Phi) is 4.95.